The third-order valence-corrected chi connectivity index (χ3v) is 7.74. The first-order chi connectivity index (χ1) is 11.4. The number of carbonyl (C=O) groups excluding carboxylic acids is 2. The number of esters is 1. The van der Waals surface area contributed by atoms with E-state index in [1.807, 2.05) is 6.08 Å². The normalized spacial score (nSPS) is 48.0. The number of fused-ring (bicyclic) bond motifs is 4. The van der Waals surface area contributed by atoms with Crippen LogP contribution in [0.25, 0.3) is 0 Å². The summed E-state index contributed by atoms with van der Waals surface area (Å²) in [6.45, 7) is 5.07. The molecule has 5 atom stereocenters. The molecule has 2 saturated carbocycles. The van der Waals surface area contributed by atoms with Crippen molar-refractivity contribution in [3.63, 3.8) is 0 Å². The quantitative estimate of drug-likeness (QED) is 0.690. The van der Waals surface area contributed by atoms with E-state index in [0.29, 0.717) is 25.6 Å². The first kappa shape index (κ1) is 15.1. The Labute approximate surface area is 141 Å². The Bertz CT molecular complexity index is 661. The smallest absolute Gasteiger partial charge is 0.307 e. The van der Waals surface area contributed by atoms with E-state index >= 15 is 0 Å². The summed E-state index contributed by atoms with van der Waals surface area (Å²) in [7, 11) is 0. The zero-order chi connectivity index (χ0) is 16.7. The number of hydrogen-bond donors (Lipinski definition) is 0. The summed E-state index contributed by atoms with van der Waals surface area (Å²) in [5.74, 6) is 0.0780. The highest BCUT2D eigenvalue weighted by molar-refractivity contribution is 5.96. The molecule has 6 rings (SSSR count). The Morgan fingerprint density at radius 2 is 2.00 bits per heavy atom. The van der Waals surface area contributed by atoms with Gasteiger partial charge in [0.15, 0.2) is 11.6 Å². The Balaban J connectivity index is 1.64. The fourth-order valence-corrected chi connectivity index (χ4v) is 6.75. The van der Waals surface area contributed by atoms with Crippen LogP contribution in [-0.4, -0.2) is 36.9 Å². The van der Waals surface area contributed by atoms with Crippen LogP contribution in [-0.2, 0) is 23.8 Å². The van der Waals surface area contributed by atoms with E-state index in [1.54, 1.807) is 6.92 Å². The zero-order valence-corrected chi connectivity index (χ0v) is 14.3. The highest BCUT2D eigenvalue weighted by Crippen LogP contribution is 2.72. The molecule has 1 unspecified atom stereocenters. The maximum atomic E-state index is 12.4. The Morgan fingerprint density at radius 1 is 1.25 bits per heavy atom. The van der Waals surface area contributed by atoms with Gasteiger partial charge in [0.25, 0.3) is 0 Å². The van der Waals surface area contributed by atoms with Crippen molar-refractivity contribution in [3.05, 3.63) is 11.6 Å². The van der Waals surface area contributed by atoms with E-state index < -0.39 is 11.2 Å². The summed E-state index contributed by atoms with van der Waals surface area (Å²) < 4.78 is 17.9. The Kier molecular flexibility index (Phi) is 2.83. The number of Topliss-reactive ketones (excluding diaryl/α,β-unsaturated/α-hetero) is 1. The predicted molar refractivity (Wildman–Crippen MR) is 83.9 cm³/mol. The molecular formula is C19H24O5. The minimum Gasteiger partial charge on any atom is -0.458 e. The lowest BCUT2D eigenvalue weighted by Gasteiger charge is -2.55. The monoisotopic (exact) mass is 332 g/mol. The second kappa shape index (κ2) is 4.50. The average Bonchev–Trinajstić information content (AvgIpc) is 3.06. The van der Waals surface area contributed by atoms with Crippen LogP contribution in [0.1, 0.15) is 46.0 Å². The van der Waals surface area contributed by atoms with Crippen LogP contribution < -0.4 is 0 Å². The molecule has 0 N–H and O–H groups in total. The number of rotatable bonds is 1. The molecular weight excluding hydrogens is 308 g/mol. The van der Waals surface area contributed by atoms with Crippen molar-refractivity contribution < 1.29 is 23.8 Å². The lowest BCUT2D eigenvalue weighted by atomic mass is 9.48. The maximum absolute atomic E-state index is 12.4. The van der Waals surface area contributed by atoms with Gasteiger partial charge in [-0.3, -0.25) is 9.59 Å². The van der Waals surface area contributed by atoms with Crippen LogP contribution in [0, 0.1) is 22.7 Å². The van der Waals surface area contributed by atoms with E-state index in [1.165, 1.54) is 0 Å². The van der Waals surface area contributed by atoms with Gasteiger partial charge in [-0.1, -0.05) is 6.92 Å². The lowest BCUT2D eigenvalue weighted by Crippen LogP contribution is -2.53. The first-order valence-corrected chi connectivity index (χ1v) is 9.11. The number of carbonyl (C=O) groups is 2. The van der Waals surface area contributed by atoms with Gasteiger partial charge in [0.2, 0.25) is 0 Å². The molecule has 6 aliphatic rings. The molecule has 4 fully saturated rings. The molecule has 3 aliphatic heterocycles. The molecule has 0 radical (unpaired) electrons. The third-order valence-electron chi connectivity index (χ3n) is 7.74. The highest BCUT2D eigenvalue weighted by Gasteiger charge is 2.71. The van der Waals surface area contributed by atoms with Crippen LogP contribution in [0.4, 0.5) is 0 Å². The maximum Gasteiger partial charge on any atom is 0.307 e. The Morgan fingerprint density at radius 3 is 2.71 bits per heavy atom. The molecule has 130 valence electrons. The van der Waals surface area contributed by atoms with Gasteiger partial charge < -0.3 is 14.2 Å². The van der Waals surface area contributed by atoms with E-state index in [9.17, 15) is 9.59 Å². The third kappa shape index (κ3) is 1.58. The van der Waals surface area contributed by atoms with Crippen molar-refractivity contribution in [2.75, 3.05) is 13.2 Å². The summed E-state index contributed by atoms with van der Waals surface area (Å²) in [6.07, 6.45) is 5.70. The summed E-state index contributed by atoms with van der Waals surface area (Å²) in [5.41, 5.74) is 0.326. The molecule has 2 spiro atoms. The SMILES string of the molecule is CC(=O)C1=C[C@H]2OC(=O)C[C@]1(C)[C@@]13CCC4(OCCO4)C(C[C@H]21)C3. The summed E-state index contributed by atoms with van der Waals surface area (Å²) in [5, 5.41) is 0. The minimum absolute atomic E-state index is 0.0508. The lowest BCUT2D eigenvalue weighted by molar-refractivity contribution is -0.220. The number of ketones is 1. The molecule has 0 aromatic heterocycles. The van der Waals surface area contributed by atoms with Crippen LogP contribution >= 0.6 is 0 Å². The van der Waals surface area contributed by atoms with Gasteiger partial charge in [-0.25, -0.2) is 0 Å². The fourth-order valence-electron chi connectivity index (χ4n) is 6.75. The van der Waals surface area contributed by atoms with E-state index in [4.69, 9.17) is 14.2 Å². The van der Waals surface area contributed by atoms with Crippen molar-refractivity contribution in [1.82, 2.24) is 0 Å². The van der Waals surface area contributed by atoms with Crippen molar-refractivity contribution in [1.29, 1.82) is 0 Å². The van der Waals surface area contributed by atoms with Crippen LogP contribution in [0.3, 0.4) is 0 Å². The van der Waals surface area contributed by atoms with E-state index in [2.05, 4.69) is 6.92 Å². The fraction of sp³-hybridized carbons (Fsp3) is 0.789. The van der Waals surface area contributed by atoms with Gasteiger partial charge in [-0.2, -0.15) is 0 Å². The molecule has 0 amide bonds. The topological polar surface area (TPSA) is 61.8 Å². The molecule has 2 saturated heterocycles. The number of allylic oxidation sites excluding steroid dienone is 1. The second-order valence-electron chi connectivity index (χ2n) is 8.51. The van der Waals surface area contributed by atoms with E-state index in [0.717, 1.165) is 31.3 Å². The van der Waals surface area contributed by atoms with Gasteiger partial charge in [0.05, 0.1) is 19.6 Å². The molecule has 0 aromatic carbocycles. The molecule has 3 heterocycles. The molecule has 4 bridgehead atoms. The number of ether oxygens (including phenoxy) is 3. The van der Waals surface area contributed by atoms with Crippen LogP contribution in [0.2, 0.25) is 0 Å². The van der Waals surface area contributed by atoms with Crippen molar-refractivity contribution >= 4 is 11.8 Å². The summed E-state index contributed by atoms with van der Waals surface area (Å²) in [6, 6.07) is 0. The Hall–Kier alpha value is -1.20. The van der Waals surface area contributed by atoms with Gasteiger partial charge in [-0.05, 0) is 37.7 Å². The van der Waals surface area contributed by atoms with Crippen LogP contribution in [0.15, 0.2) is 11.6 Å². The molecule has 24 heavy (non-hydrogen) atoms. The van der Waals surface area contributed by atoms with Crippen molar-refractivity contribution in [2.24, 2.45) is 22.7 Å². The predicted octanol–water partition coefficient (Wildman–Crippen LogP) is 2.39. The minimum atomic E-state index is -0.437. The van der Waals surface area contributed by atoms with Crippen molar-refractivity contribution in [2.45, 2.75) is 57.8 Å². The standard InChI is InChI=1S/C19H24O5/c1-11(20)13-8-15-14-7-12-9-18(14,17(13,2)10-16(21)24-15)3-4-19(12)22-5-6-23-19/h8,12,14-15H,3-7,9-10H2,1-2H3/t12?,14-,15-,17+,18-/m1/s1. The van der Waals surface area contributed by atoms with Crippen molar-refractivity contribution in [3.8, 4) is 0 Å². The molecule has 3 aliphatic carbocycles. The van der Waals surface area contributed by atoms with Gasteiger partial charge in [0, 0.05) is 29.2 Å². The van der Waals surface area contributed by atoms with Gasteiger partial charge in [-0.15, -0.1) is 0 Å². The first-order valence-electron chi connectivity index (χ1n) is 9.11. The van der Waals surface area contributed by atoms with E-state index in [-0.39, 0.29) is 29.2 Å². The van der Waals surface area contributed by atoms with Gasteiger partial charge in [0.1, 0.15) is 6.10 Å². The molecule has 0 aromatic rings. The largest absolute Gasteiger partial charge is 0.458 e. The van der Waals surface area contributed by atoms with Crippen LogP contribution in [0.5, 0.6) is 0 Å². The summed E-state index contributed by atoms with van der Waals surface area (Å²) in [4.78, 5) is 24.7. The summed E-state index contributed by atoms with van der Waals surface area (Å²) >= 11 is 0. The molecule has 5 nitrogen and oxygen atoms in total. The second-order valence-corrected chi connectivity index (χ2v) is 8.51. The average molecular weight is 332 g/mol. The van der Waals surface area contributed by atoms with Gasteiger partial charge >= 0.3 is 5.97 Å². The molecule has 5 heteroatoms. The highest BCUT2D eigenvalue weighted by atomic mass is 16.7. The zero-order valence-electron chi connectivity index (χ0n) is 14.3. The number of hydrogen-bond acceptors (Lipinski definition) is 5.